The molecule has 6 heteroatoms. The fourth-order valence-electron chi connectivity index (χ4n) is 2.54. The molecule has 0 bridgehead atoms. The van der Waals surface area contributed by atoms with Crippen molar-refractivity contribution in [3.8, 4) is 17.2 Å². The van der Waals surface area contributed by atoms with Crippen LogP contribution in [0.4, 0.5) is 0 Å². The first kappa shape index (κ1) is 20.1. The van der Waals surface area contributed by atoms with Gasteiger partial charge in [-0.05, 0) is 5.56 Å². The number of aliphatic hydroxyl groups excluding tert-OH is 1. The molecule has 0 fully saturated rings. The average Bonchev–Trinajstić information content (AvgIpc) is 2.60. The minimum Gasteiger partial charge on any atom is -0.496 e. The quantitative estimate of drug-likeness (QED) is 0.800. The van der Waals surface area contributed by atoms with Crippen LogP contribution in [0.1, 0.15) is 17.2 Å². The maximum atomic E-state index is 10.5. The van der Waals surface area contributed by atoms with Gasteiger partial charge in [0.2, 0.25) is 0 Å². The first-order valence-corrected chi connectivity index (χ1v) is 7.38. The molecule has 0 amide bonds. The van der Waals surface area contributed by atoms with Gasteiger partial charge >= 0.3 is 0 Å². The van der Waals surface area contributed by atoms with Crippen LogP contribution in [0.3, 0.4) is 0 Å². The number of methoxy groups -OCH3 is 3. The molecule has 0 aliphatic heterocycles. The van der Waals surface area contributed by atoms with Crippen molar-refractivity contribution in [2.45, 2.75) is 18.6 Å². The van der Waals surface area contributed by atoms with Gasteiger partial charge in [0, 0.05) is 18.6 Å². The predicted molar refractivity (Wildman–Crippen MR) is 96.4 cm³/mol. The van der Waals surface area contributed by atoms with E-state index >= 15 is 0 Å². The largest absolute Gasteiger partial charge is 0.496 e. The van der Waals surface area contributed by atoms with E-state index in [1.807, 2.05) is 30.3 Å². The standard InChI is InChI=1S/C18H23NO4.ClH/c1-21-13-10-15(22-2)17(16(11-13)23-3)18(19)14(20)9-12-7-5-4-6-8-12;/h4-8,10-11,14,18,20H,9,19H2,1-3H3;1H/t14-,18-;/m0./s1. The molecule has 132 valence electrons. The van der Waals surface area contributed by atoms with Crippen LogP contribution in [-0.4, -0.2) is 32.5 Å². The summed E-state index contributed by atoms with van der Waals surface area (Å²) < 4.78 is 16.0. The zero-order valence-electron chi connectivity index (χ0n) is 14.1. The Labute approximate surface area is 148 Å². The highest BCUT2D eigenvalue weighted by Gasteiger charge is 2.25. The highest BCUT2D eigenvalue weighted by Crippen LogP contribution is 2.38. The lowest BCUT2D eigenvalue weighted by atomic mass is 9.95. The molecule has 0 aromatic heterocycles. The lowest BCUT2D eigenvalue weighted by Gasteiger charge is -2.24. The van der Waals surface area contributed by atoms with Crippen molar-refractivity contribution in [3.63, 3.8) is 0 Å². The summed E-state index contributed by atoms with van der Waals surface area (Å²) in [5, 5.41) is 10.5. The van der Waals surface area contributed by atoms with Crippen LogP contribution in [0.5, 0.6) is 17.2 Å². The molecule has 0 radical (unpaired) electrons. The number of halogens is 1. The average molecular weight is 354 g/mol. The maximum absolute atomic E-state index is 10.5. The molecular formula is C18H24ClNO4. The number of aliphatic hydroxyl groups is 1. The van der Waals surface area contributed by atoms with E-state index in [1.165, 1.54) is 0 Å². The second-order valence-corrected chi connectivity index (χ2v) is 5.23. The van der Waals surface area contributed by atoms with Gasteiger partial charge < -0.3 is 25.1 Å². The topological polar surface area (TPSA) is 73.9 Å². The van der Waals surface area contributed by atoms with Gasteiger partial charge in [-0.1, -0.05) is 30.3 Å². The van der Waals surface area contributed by atoms with E-state index in [9.17, 15) is 5.11 Å². The number of ether oxygens (including phenoxy) is 3. The van der Waals surface area contributed by atoms with Crippen molar-refractivity contribution in [1.82, 2.24) is 0 Å². The normalized spacial score (nSPS) is 12.7. The fourth-order valence-corrected chi connectivity index (χ4v) is 2.54. The molecular weight excluding hydrogens is 330 g/mol. The minimum absolute atomic E-state index is 0. The fraction of sp³-hybridized carbons (Fsp3) is 0.333. The lowest BCUT2D eigenvalue weighted by Crippen LogP contribution is -2.29. The monoisotopic (exact) mass is 353 g/mol. The maximum Gasteiger partial charge on any atom is 0.131 e. The number of benzene rings is 2. The van der Waals surface area contributed by atoms with E-state index in [0.29, 0.717) is 29.2 Å². The highest BCUT2D eigenvalue weighted by atomic mass is 35.5. The molecule has 0 unspecified atom stereocenters. The third-order valence-corrected chi connectivity index (χ3v) is 3.79. The van der Waals surface area contributed by atoms with Gasteiger partial charge in [0.25, 0.3) is 0 Å². The van der Waals surface area contributed by atoms with Crippen LogP contribution >= 0.6 is 12.4 Å². The van der Waals surface area contributed by atoms with Crippen molar-refractivity contribution in [2.24, 2.45) is 5.73 Å². The summed E-state index contributed by atoms with van der Waals surface area (Å²) in [5.74, 6) is 1.66. The molecule has 0 spiro atoms. The summed E-state index contributed by atoms with van der Waals surface area (Å²) in [6.07, 6.45) is -0.325. The van der Waals surface area contributed by atoms with E-state index < -0.39 is 12.1 Å². The van der Waals surface area contributed by atoms with E-state index in [-0.39, 0.29) is 12.4 Å². The second-order valence-electron chi connectivity index (χ2n) is 5.23. The smallest absolute Gasteiger partial charge is 0.131 e. The van der Waals surface area contributed by atoms with Crippen molar-refractivity contribution in [1.29, 1.82) is 0 Å². The summed E-state index contributed by atoms with van der Waals surface area (Å²) >= 11 is 0. The molecule has 2 aromatic carbocycles. The zero-order chi connectivity index (χ0) is 16.8. The SMILES string of the molecule is COc1cc(OC)c([C@@H](N)[C@@H](O)Cc2ccccc2)c(OC)c1.Cl. The van der Waals surface area contributed by atoms with Gasteiger partial charge in [-0.15, -0.1) is 12.4 Å². The summed E-state index contributed by atoms with van der Waals surface area (Å²) in [6.45, 7) is 0. The number of hydrogen-bond donors (Lipinski definition) is 2. The van der Waals surface area contributed by atoms with Crippen molar-refractivity contribution in [3.05, 3.63) is 53.6 Å². The number of hydrogen-bond acceptors (Lipinski definition) is 5. The molecule has 24 heavy (non-hydrogen) atoms. The van der Waals surface area contributed by atoms with Crippen LogP contribution in [0.2, 0.25) is 0 Å². The molecule has 5 nitrogen and oxygen atoms in total. The first-order chi connectivity index (χ1) is 11.1. The second kappa shape index (κ2) is 9.37. The van der Waals surface area contributed by atoms with Crippen LogP contribution in [0, 0.1) is 0 Å². The Bertz CT molecular complexity index is 611. The van der Waals surface area contributed by atoms with Gasteiger partial charge in [-0.3, -0.25) is 0 Å². The zero-order valence-corrected chi connectivity index (χ0v) is 14.9. The molecule has 0 heterocycles. The van der Waals surface area contributed by atoms with Crippen LogP contribution in [0.15, 0.2) is 42.5 Å². The van der Waals surface area contributed by atoms with E-state index in [1.54, 1.807) is 33.5 Å². The van der Waals surface area contributed by atoms with Crippen molar-refractivity contribution in [2.75, 3.05) is 21.3 Å². The molecule has 0 saturated carbocycles. The lowest BCUT2D eigenvalue weighted by molar-refractivity contribution is 0.142. The molecule has 2 atom stereocenters. The predicted octanol–water partition coefficient (Wildman–Crippen LogP) is 2.74. The molecule has 0 aliphatic rings. The first-order valence-electron chi connectivity index (χ1n) is 7.38. The van der Waals surface area contributed by atoms with Crippen molar-refractivity contribution < 1.29 is 19.3 Å². The van der Waals surface area contributed by atoms with Gasteiger partial charge in [0.1, 0.15) is 17.2 Å². The van der Waals surface area contributed by atoms with Crippen LogP contribution < -0.4 is 19.9 Å². The molecule has 3 N–H and O–H groups in total. The summed E-state index contributed by atoms with van der Waals surface area (Å²) in [5.41, 5.74) is 7.92. The van der Waals surface area contributed by atoms with Crippen LogP contribution in [-0.2, 0) is 6.42 Å². The Balaban J connectivity index is 0.00000288. The third kappa shape index (κ3) is 4.54. The summed E-state index contributed by atoms with van der Waals surface area (Å²) in [7, 11) is 4.67. The minimum atomic E-state index is -0.770. The molecule has 0 aliphatic carbocycles. The Hall–Kier alpha value is -1.95. The van der Waals surface area contributed by atoms with E-state index in [4.69, 9.17) is 19.9 Å². The Morgan fingerprint density at radius 3 is 1.96 bits per heavy atom. The Morgan fingerprint density at radius 1 is 0.958 bits per heavy atom. The van der Waals surface area contributed by atoms with Gasteiger partial charge in [-0.2, -0.15) is 0 Å². The Morgan fingerprint density at radius 2 is 1.50 bits per heavy atom. The number of rotatable bonds is 7. The summed E-state index contributed by atoms with van der Waals surface area (Å²) in [6, 6.07) is 12.5. The molecule has 2 aromatic rings. The van der Waals surface area contributed by atoms with Gasteiger partial charge in [0.05, 0.1) is 39.0 Å². The van der Waals surface area contributed by atoms with Crippen molar-refractivity contribution >= 4 is 12.4 Å². The third-order valence-electron chi connectivity index (χ3n) is 3.79. The van der Waals surface area contributed by atoms with Gasteiger partial charge in [0.15, 0.2) is 0 Å². The van der Waals surface area contributed by atoms with E-state index in [2.05, 4.69) is 0 Å². The van der Waals surface area contributed by atoms with Gasteiger partial charge in [-0.25, -0.2) is 0 Å². The Kier molecular flexibility index (Phi) is 7.85. The van der Waals surface area contributed by atoms with E-state index in [0.717, 1.165) is 5.56 Å². The number of nitrogens with two attached hydrogens (primary N) is 1. The highest BCUT2D eigenvalue weighted by molar-refractivity contribution is 5.85. The molecule has 2 rings (SSSR count). The molecule has 0 saturated heterocycles. The van der Waals surface area contributed by atoms with Crippen LogP contribution in [0.25, 0.3) is 0 Å². The summed E-state index contributed by atoms with van der Waals surface area (Å²) in [4.78, 5) is 0.